The third-order valence-electron chi connectivity index (χ3n) is 2.36. The van der Waals surface area contributed by atoms with Gasteiger partial charge in [0.05, 0.1) is 6.54 Å². The number of carbonyl (C=O) groups excluding carboxylic acids is 1. The zero-order chi connectivity index (χ0) is 13.0. The van der Waals surface area contributed by atoms with Crippen molar-refractivity contribution in [3.63, 3.8) is 0 Å². The zero-order valence-corrected chi connectivity index (χ0v) is 9.80. The van der Waals surface area contributed by atoms with E-state index >= 15 is 0 Å². The molecule has 0 atom stereocenters. The fraction of sp³-hybridized carbons (Fsp3) is 0.154. The van der Waals surface area contributed by atoms with Crippen LogP contribution < -0.4 is 5.32 Å². The number of nitrogens with one attached hydrogen (secondary N) is 1. The highest BCUT2D eigenvalue weighted by Crippen LogP contribution is 2.06. The van der Waals surface area contributed by atoms with Gasteiger partial charge in [0.25, 0.3) is 5.91 Å². The minimum Gasteiger partial charge on any atom is -0.465 e. The van der Waals surface area contributed by atoms with Gasteiger partial charge in [0.1, 0.15) is 23.3 Å². The summed E-state index contributed by atoms with van der Waals surface area (Å²) in [6, 6.07) is 8.54. The summed E-state index contributed by atoms with van der Waals surface area (Å²) < 4.78 is 5.34. The summed E-state index contributed by atoms with van der Waals surface area (Å²) in [5.74, 6) is 1.23. The Labute approximate surface area is 104 Å². The van der Waals surface area contributed by atoms with E-state index in [-0.39, 0.29) is 11.6 Å². The summed E-state index contributed by atoms with van der Waals surface area (Å²) in [5, 5.41) is 11.4. The average Bonchev–Trinajstić information content (AvgIpc) is 2.82. The molecule has 0 unspecified atom stereocenters. The van der Waals surface area contributed by atoms with Crippen LogP contribution in [0, 0.1) is 18.3 Å². The van der Waals surface area contributed by atoms with Crippen molar-refractivity contribution in [3.05, 3.63) is 53.2 Å². The van der Waals surface area contributed by atoms with E-state index in [1.54, 1.807) is 6.07 Å². The number of nitriles is 1. The van der Waals surface area contributed by atoms with Gasteiger partial charge in [-0.25, -0.2) is 4.98 Å². The predicted molar refractivity (Wildman–Crippen MR) is 63.6 cm³/mol. The molecule has 5 heteroatoms. The third-order valence-corrected chi connectivity index (χ3v) is 2.36. The number of nitrogens with zero attached hydrogens (tertiary/aromatic N) is 2. The number of aromatic nitrogens is 1. The molecule has 2 rings (SSSR count). The normalized spacial score (nSPS) is 9.78. The maximum Gasteiger partial charge on any atom is 0.251 e. The first-order chi connectivity index (χ1) is 8.69. The first kappa shape index (κ1) is 11.9. The molecule has 0 saturated carbocycles. The van der Waals surface area contributed by atoms with Crippen molar-refractivity contribution in [2.24, 2.45) is 0 Å². The van der Waals surface area contributed by atoms with Gasteiger partial charge in [-0.1, -0.05) is 0 Å². The van der Waals surface area contributed by atoms with Crippen molar-refractivity contribution in [3.8, 4) is 6.07 Å². The third kappa shape index (κ3) is 2.74. The summed E-state index contributed by atoms with van der Waals surface area (Å²) in [7, 11) is 0. The van der Waals surface area contributed by atoms with E-state index in [4.69, 9.17) is 9.68 Å². The van der Waals surface area contributed by atoms with Gasteiger partial charge in [0.15, 0.2) is 0 Å². The molecule has 0 aliphatic heterocycles. The van der Waals surface area contributed by atoms with Crippen LogP contribution in [0.4, 0.5) is 0 Å². The molecular formula is C13H11N3O2. The van der Waals surface area contributed by atoms with Crippen molar-refractivity contribution < 1.29 is 9.21 Å². The summed E-state index contributed by atoms with van der Waals surface area (Å²) in [4.78, 5) is 15.6. The van der Waals surface area contributed by atoms with E-state index in [0.717, 1.165) is 5.76 Å². The van der Waals surface area contributed by atoms with Gasteiger partial charge in [-0.15, -0.1) is 0 Å². The molecular weight excluding hydrogens is 230 g/mol. The van der Waals surface area contributed by atoms with Crippen LogP contribution in [0.5, 0.6) is 0 Å². The van der Waals surface area contributed by atoms with Gasteiger partial charge in [-0.3, -0.25) is 4.79 Å². The average molecular weight is 241 g/mol. The van der Waals surface area contributed by atoms with Crippen LogP contribution in [0.1, 0.15) is 27.6 Å². The SMILES string of the molecule is Cc1ccc(CNC(=O)c2ccnc(C#N)c2)o1. The van der Waals surface area contributed by atoms with Crippen molar-refractivity contribution in [1.29, 1.82) is 5.26 Å². The molecule has 0 aliphatic carbocycles. The topological polar surface area (TPSA) is 78.9 Å². The fourth-order valence-corrected chi connectivity index (χ4v) is 1.48. The largest absolute Gasteiger partial charge is 0.465 e. The summed E-state index contributed by atoms with van der Waals surface area (Å²) >= 11 is 0. The number of rotatable bonds is 3. The van der Waals surface area contributed by atoms with E-state index in [9.17, 15) is 4.79 Å². The van der Waals surface area contributed by atoms with Gasteiger partial charge in [0, 0.05) is 11.8 Å². The lowest BCUT2D eigenvalue weighted by Gasteiger charge is -2.03. The van der Waals surface area contributed by atoms with Crippen molar-refractivity contribution in [2.45, 2.75) is 13.5 Å². The molecule has 0 saturated heterocycles. The second-order valence-electron chi connectivity index (χ2n) is 3.74. The van der Waals surface area contributed by atoms with Crippen LogP contribution in [0.25, 0.3) is 0 Å². The molecule has 0 aliphatic rings. The van der Waals surface area contributed by atoms with E-state index in [2.05, 4.69) is 10.3 Å². The quantitative estimate of drug-likeness (QED) is 0.888. The molecule has 5 nitrogen and oxygen atoms in total. The lowest BCUT2D eigenvalue weighted by molar-refractivity contribution is 0.0947. The molecule has 2 aromatic heterocycles. The van der Waals surface area contributed by atoms with Crippen LogP contribution in [-0.2, 0) is 6.54 Å². The summed E-state index contributed by atoms with van der Waals surface area (Å²) in [5.41, 5.74) is 0.626. The number of amides is 1. The van der Waals surface area contributed by atoms with Gasteiger partial charge < -0.3 is 9.73 Å². The molecule has 1 amide bonds. The van der Waals surface area contributed by atoms with E-state index in [1.165, 1.54) is 12.3 Å². The van der Waals surface area contributed by atoms with Crippen LogP contribution in [0.3, 0.4) is 0 Å². The Morgan fingerprint density at radius 3 is 3.00 bits per heavy atom. The molecule has 0 fully saturated rings. The smallest absolute Gasteiger partial charge is 0.251 e. The standard InChI is InChI=1S/C13H11N3O2/c1-9-2-3-12(18-9)8-16-13(17)10-4-5-15-11(6-10)7-14/h2-6H,8H2,1H3,(H,16,17). The van der Waals surface area contributed by atoms with E-state index in [1.807, 2.05) is 25.1 Å². The summed E-state index contributed by atoms with van der Waals surface area (Å²) in [6.07, 6.45) is 1.44. The van der Waals surface area contributed by atoms with Crippen molar-refractivity contribution >= 4 is 5.91 Å². The second-order valence-corrected chi connectivity index (χ2v) is 3.74. The Kier molecular flexibility index (Phi) is 3.39. The highest BCUT2D eigenvalue weighted by molar-refractivity contribution is 5.94. The fourth-order valence-electron chi connectivity index (χ4n) is 1.48. The molecule has 2 aromatic rings. The van der Waals surface area contributed by atoms with Crippen molar-refractivity contribution in [2.75, 3.05) is 0 Å². The zero-order valence-electron chi connectivity index (χ0n) is 9.80. The molecule has 0 aromatic carbocycles. The van der Waals surface area contributed by atoms with Crippen molar-refractivity contribution in [1.82, 2.24) is 10.3 Å². The number of hydrogen-bond acceptors (Lipinski definition) is 4. The lowest BCUT2D eigenvalue weighted by atomic mass is 10.2. The number of aryl methyl sites for hydroxylation is 1. The minimum atomic E-state index is -0.261. The predicted octanol–water partition coefficient (Wildman–Crippen LogP) is 1.78. The van der Waals surface area contributed by atoms with E-state index in [0.29, 0.717) is 17.9 Å². The molecule has 1 N–H and O–H groups in total. The van der Waals surface area contributed by atoms with Crippen LogP contribution >= 0.6 is 0 Å². The van der Waals surface area contributed by atoms with Crippen LogP contribution in [0.2, 0.25) is 0 Å². The Hall–Kier alpha value is -2.61. The molecule has 0 radical (unpaired) electrons. The first-order valence-electron chi connectivity index (χ1n) is 5.38. The van der Waals surface area contributed by atoms with Crippen LogP contribution in [-0.4, -0.2) is 10.9 Å². The van der Waals surface area contributed by atoms with Gasteiger partial charge in [-0.05, 0) is 31.2 Å². The number of carbonyl (C=O) groups is 1. The Bertz CT molecular complexity index is 611. The van der Waals surface area contributed by atoms with Gasteiger partial charge in [0.2, 0.25) is 0 Å². The Balaban J connectivity index is 2.01. The maximum atomic E-state index is 11.8. The van der Waals surface area contributed by atoms with Gasteiger partial charge in [-0.2, -0.15) is 5.26 Å². The Morgan fingerprint density at radius 1 is 1.50 bits per heavy atom. The highest BCUT2D eigenvalue weighted by atomic mass is 16.3. The highest BCUT2D eigenvalue weighted by Gasteiger charge is 2.07. The lowest BCUT2D eigenvalue weighted by Crippen LogP contribution is -2.22. The molecule has 0 spiro atoms. The van der Waals surface area contributed by atoms with Gasteiger partial charge >= 0.3 is 0 Å². The minimum absolute atomic E-state index is 0.219. The molecule has 18 heavy (non-hydrogen) atoms. The number of furan rings is 1. The Morgan fingerprint density at radius 2 is 2.33 bits per heavy atom. The van der Waals surface area contributed by atoms with E-state index < -0.39 is 0 Å². The molecule has 0 bridgehead atoms. The first-order valence-corrected chi connectivity index (χ1v) is 5.38. The maximum absolute atomic E-state index is 11.8. The summed E-state index contributed by atoms with van der Waals surface area (Å²) in [6.45, 7) is 2.16. The number of hydrogen-bond donors (Lipinski definition) is 1. The monoisotopic (exact) mass is 241 g/mol. The number of pyridine rings is 1. The molecule has 90 valence electrons. The molecule has 2 heterocycles. The second kappa shape index (κ2) is 5.15. The van der Waals surface area contributed by atoms with Crippen LogP contribution in [0.15, 0.2) is 34.9 Å².